The molecule has 1 aliphatic rings. The molecule has 0 spiro atoms. The number of hydrogen-bond acceptors (Lipinski definition) is 3. The first kappa shape index (κ1) is 17.0. The van der Waals surface area contributed by atoms with E-state index in [1.54, 1.807) is 0 Å². The maximum Gasteiger partial charge on any atom is 0.326 e. The smallest absolute Gasteiger partial charge is 0.326 e. The highest BCUT2D eigenvalue weighted by atomic mass is 79.9. The Morgan fingerprint density at radius 3 is 2.86 bits per heavy atom. The third-order valence-electron chi connectivity index (χ3n) is 3.91. The molecule has 2 N–H and O–H groups in total. The van der Waals surface area contributed by atoms with Crippen molar-refractivity contribution in [2.75, 3.05) is 13.2 Å². The van der Waals surface area contributed by atoms with Crippen molar-refractivity contribution in [3.05, 3.63) is 33.8 Å². The Morgan fingerprint density at radius 2 is 2.27 bits per heavy atom. The Bertz CT molecular complexity index is 555. The number of amides is 1. The molecule has 2 unspecified atom stereocenters. The van der Waals surface area contributed by atoms with Crippen molar-refractivity contribution in [2.24, 2.45) is 5.92 Å². The van der Waals surface area contributed by atoms with E-state index in [2.05, 4.69) is 21.2 Å². The average molecular weight is 370 g/mol. The van der Waals surface area contributed by atoms with E-state index < -0.39 is 12.0 Å². The molecule has 0 bridgehead atoms. The van der Waals surface area contributed by atoms with E-state index in [-0.39, 0.29) is 18.2 Å². The lowest BCUT2D eigenvalue weighted by atomic mass is 9.93. The molecule has 0 aromatic heterocycles. The van der Waals surface area contributed by atoms with Crippen LogP contribution in [0.5, 0.6) is 0 Å². The summed E-state index contributed by atoms with van der Waals surface area (Å²) in [4.78, 5) is 23.6. The number of benzene rings is 1. The zero-order valence-corrected chi connectivity index (χ0v) is 14.1. The van der Waals surface area contributed by atoms with Gasteiger partial charge in [0.05, 0.1) is 13.0 Å². The first-order valence-corrected chi connectivity index (χ1v) is 8.11. The average Bonchev–Trinajstić information content (AvgIpc) is 2.48. The summed E-state index contributed by atoms with van der Waals surface area (Å²) in [6, 6.07) is 4.80. The number of rotatable bonds is 5. The van der Waals surface area contributed by atoms with Gasteiger partial charge in [-0.1, -0.05) is 22.0 Å². The second kappa shape index (κ2) is 7.74. The van der Waals surface area contributed by atoms with Gasteiger partial charge in [0, 0.05) is 17.0 Å². The quantitative estimate of drug-likeness (QED) is 0.834. The van der Waals surface area contributed by atoms with Crippen LogP contribution in [0.3, 0.4) is 0 Å². The van der Waals surface area contributed by atoms with Gasteiger partial charge in [-0.2, -0.15) is 0 Å². The molecule has 1 aromatic rings. The van der Waals surface area contributed by atoms with Crippen molar-refractivity contribution in [2.45, 2.75) is 32.2 Å². The maximum absolute atomic E-state index is 12.2. The van der Waals surface area contributed by atoms with Gasteiger partial charge in [0.15, 0.2) is 0 Å². The lowest BCUT2D eigenvalue weighted by Crippen LogP contribution is -2.48. The van der Waals surface area contributed by atoms with Crippen molar-refractivity contribution in [1.82, 2.24) is 5.32 Å². The zero-order valence-electron chi connectivity index (χ0n) is 12.5. The van der Waals surface area contributed by atoms with Gasteiger partial charge in [0.1, 0.15) is 6.04 Å². The van der Waals surface area contributed by atoms with E-state index in [1.807, 2.05) is 25.1 Å². The summed E-state index contributed by atoms with van der Waals surface area (Å²) in [5.74, 6) is -1.44. The number of halogens is 1. The summed E-state index contributed by atoms with van der Waals surface area (Å²) in [5.41, 5.74) is 1.89. The molecule has 6 heteroatoms. The van der Waals surface area contributed by atoms with Crippen molar-refractivity contribution in [3.63, 3.8) is 0 Å². The Labute approximate surface area is 138 Å². The number of hydrogen-bond donors (Lipinski definition) is 2. The Morgan fingerprint density at radius 1 is 1.50 bits per heavy atom. The molecule has 1 saturated heterocycles. The molecule has 2 atom stereocenters. The van der Waals surface area contributed by atoms with E-state index in [1.165, 1.54) is 0 Å². The van der Waals surface area contributed by atoms with Crippen LogP contribution in [0.1, 0.15) is 24.0 Å². The molecule has 2 rings (SSSR count). The lowest BCUT2D eigenvalue weighted by molar-refractivity contribution is -0.145. The maximum atomic E-state index is 12.2. The summed E-state index contributed by atoms with van der Waals surface area (Å²) in [7, 11) is 0. The van der Waals surface area contributed by atoms with Crippen LogP contribution in [-0.2, 0) is 20.7 Å². The van der Waals surface area contributed by atoms with Crippen LogP contribution in [0.2, 0.25) is 0 Å². The van der Waals surface area contributed by atoms with Crippen LogP contribution in [0.15, 0.2) is 22.7 Å². The number of carbonyl (C=O) groups is 2. The molecule has 0 saturated carbocycles. The van der Waals surface area contributed by atoms with Crippen molar-refractivity contribution >= 4 is 27.8 Å². The molecule has 120 valence electrons. The minimum atomic E-state index is -1.00. The van der Waals surface area contributed by atoms with Gasteiger partial charge in [0.25, 0.3) is 0 Å². The van der Waals surface area contributed by atoms with Gasteiger partial charge >= 0.3 is 5.97 Å². The minimum absolute atomic E-state index is 0.166. The lowest BCUT2D eigenvalue weighted by Gasteiger charge is -2.28. The Kier molecular flexibility index (Phi) is 5.97. The van der Waals surface area contributed by atoms with Crippen LogP contribution in [0.25, 0.3) is 0 Å². The monoisotopic (exact) mass is 369 g/mol. The predicted octanol–water partition coefficient (Wildman–Crippen LogP) is 2.30. The minimum Gasteiger partial charge on any atom is -0.480 e. The third kappa shape index (κ3) is 4.55. The van der Waals surface area contributed by atoms with Crippen LogP contribution in [0.4, 0.5) is 0 Å². The molecule has 1 amide bonds. The molecule has 1 heterocycles. The van der Waals surface area contributed by atoms with Gasteiger partial charge in [-0.05, 0) is 43.0 Å². The third-order valence-corrected chi connectivity index (χ3v) is 4.40. The zero-order chi connectivity index (χ0) is 16.1. The largest absolute Gasteiger partial charge is 0.480 e. The van der Waals surface area contributed by atoms with Crippen LogP contribution < -0.4 is 5.32 Å². The highest BCUT2D eigenvalue weighted by Gasteiger charge is 2.31. The van der Waals surface area contributed by atoms with Crippen LogP contribution in [0, 0.1) is 12.8 Å². The number of aryl methyl sites for hydroxylation is 1. The number of carboxylic acid groups (broad SMARTS) is 1. The number of carboxylic acids is 1. The number of nitrogens with one attached hydrogen (secondary N) is 1. The first-order chi connectivity index (χ1) is 10.5. The standard InChI is InChI=1S/C16H20BrNO4/c1-10-7-13(17)5-4-11(10)8-14(19)18-15(16(20)21)12-3-2-6-22-9-12/h4-5,7,12,15H,2-3,6,8-9H2,1H3,(H,18,19)(H,20,21). The van der Waals surface area contributed by atoms with Gasteiger partial charge < -0.3 is 15.2 Å². The van der Waals surface area contributed by atoms with E-state index in [0.717, 1.165) is 28.4 Å². The summed E-state index contributed by atoms with van der Waals surface area (Å²) >= 11 is 3.38. The highest BCUT2D eigenvalue weighted by Crippen LogP contribution is 2.19. The van der Waals surface area contributed by atoms with Gasteiger partial charge in [-0.3, -0.25) is 4.79 Å². The van der Waals surface area contributed by atoms with E-state index in [4.69, 9.17) is 4.74 Å². The van der Waals surface area contributed by atoms with E-state index >= 15 is 0 Å². The first-order valence-electron chi connectivity index (χ1n) is 7.32. The van der Waals surface area contributed by atoms with Crippen molar-refractivity contribution in [3.8, 4) is 0 Å². The highest BCUT2D eigenvalue weighted by molar-refractivity contribution is 9.10. The number of carbonyl (C=O) groups excluding carboxylic acids is 1. The fourth-order valence-corrected chi connectivity index (χ4v) is 3.14. The number of aliphatic carboxylic acids is 1. The SMILES string of the molecule is Cc1cc(Br)ccc1CC(=O)NC(C(=O)O)C1CCCOC1. The number of ether oxygens (including phenoxy) is 1. The summed E-state index contributed by atoms with van der Waals surface area (Å²) in [6.07, 6.45) is 1.77. The summed E-state index contributed by atoms with van der Waals surface area (Å²) in [6.45, 7) is 2.97. The molecule has 1 fully saturated rings. The fourth-order valence-electron chi connectivity index (χ4n) is 2.66. The molecular formula is C16H20BrNO4. The molecule has 0 radical (unpaired) electrons. The van der Waals surface area contributed by atoms with E-state index in [9.17, 15) is 14.7 Å². The van der Waals surface area contributed by atoms with Gasteiger partial charge in [-0.15, -0.1) is 0 Å². The molecule has 5 nitrogen and oxygen atoms in total. The molecule has 22 heavy (non-hydrogen) atoms. The van der Waals surface area contributed by atoms with Crippen molar-refractivity contribution < 1.29 is 19.4 Å². The molecule has 0 aliphatic carbocycles. The normalized spacial score (nSPS) is 19.5. The predicted molar refractivity (Wildman–Crippen MR) is 85.7 cm³/mol. The molecular weight excluding hydrogens is 350 g/mol. The Balaban J connectivity index is 2.00. The van der Waals surface area contributed by atoms with Crippen LogP contribution in [-0.4, -0.2) is 36.2 Å². The van der Waals surface area contributed by atoms with Crippen molar-refractivity contribution in [1.29, 1.82) is 0 Å². The van der Waals surface area contributed by atoms with Gasteiger partial charge in [0.2, 0.25) is 5.91 Å². The Hall–Kier alpha value is -1.40. The molecule has 1 aromatic carbocycles. The fraction of sp³-hybridized carbons (Fsp3) is 0.500. The van der Waals surface area contributed by atoms with E-state index in [0.29, 0.717) is 13.2 Å². The topological polar surface area (TPSA) is 75.6 Å². The molecule has 1 aliphatic heterocycles. The second-order valence-electron chi connectivity index (χ2n) is 5.61. The second-order valence-corrected chi connectivity index (χ2v) is 6.52. The summed E-state index contributed by atoms with van der Waals surface area (Å²) < 4.78 is 6.28. The summed E-state index contributed by atoms with van der Waals surface area (Å²) in [5, 5.41) is 12.0. The van der Waals surface area contributed by atoms with Crippen LogP contribution >= 0.6 is 15.9 Å². The van der Waals surface area contributed by atoms with Gasteiger partial charge in [-0.25, -0.2) is 4.79 Å².